The summed E-state index contributed by atoms with van der Waals surface area (Å²) in [4.78, 5) is 19.4. The van der Waals surface area contributed by atoms with Gasteiger partial charge in [0.05, 0.1) is 16.4 Å². The predicted molar refractivity (Wildman–Crippen MR) is 109 cm³/mol. The summed E-state index contributed by atoms with van der Waals surface area (Å²) in [5, 5.41) is 3.08. The molecule has 0 bridgehead atoms. The molecule has 1 aromatic heterocycles. The number of nitrogens with zero attached hydrogens (tertiary/aromatic N) is 2. The summed E-state index contributed by atoms with van der Waals surface area (Å²) in [6, 6.07) is 16.3. The average Bonchev–Trinajstić information content (AvgIpc) is 3.13. The lowest BCUT2D eigenvalue weighted by Crippen LogP contribution is -2.46. The molecule has 0 aliphatic carbocycles. The monoisotopic (exact) mass is 378 g/mol. The van der Waals surface area contributed by atoms with E-state index in [9.17, 15) is 4.79 Å². The molecular weight excluding hydrogens is 356 g/mol. The highest BCUT2D eigenvalue weighted by molar-refractivity contribution is 7.09. The minimum absolute atomic E-state index is 0.0348. The molecule has 0 saturated carbocycles. The number of amides is 1. The number of aryl methyl sites for hydroxylation is 1. The molecule has 0 saturated heterocycles. The van der Waals surface area contributed by atoms with Gasteiger partial charge < -0.3 is 9.64 Å². The van der Waals surface area contributed by atoms with E-state index < -0.39 is 6.10 Å². The van der Waals surface area contributed by atoms with Crippen LogP contribution in [0.1, 0.15) is 23.9 Å². The number of ether oxygens (including phenoxy) is 1. The standard InChI is InChI=1S/C22H22N2O2S/c1-3-20-22(25)24(12-11-16-7-5-4-6-8-16)19-13-17(9-10-21(19)26-20)18-14-27-15(2)23-18/h4-10,13-14,20H,3,11-12H2,1-2H3. The van der Waals surface area contributed by atoms with Crippen LogP contribution in [0, 0.1) is 6.92 Å². The van der Waals surface area contributed by atoms with Crippen LogP contribution in [0.3, 0.4) is 0 Å². The second-order valence-electron chi connectivity index (χ2n) is 6.67. The van der Waals surface area contributed by atoms with Crippen molar-refractivity contribution in [3.05, 3.63) is 64.5 Å². The molecule has 1 aliphatic heterocycles. The Labute approximate surface area is 163 Å². The summed E-state index contributed by atoms with van der Waals surface area (Å²) >= 11 is 1.63. The Morgan fingerprint density at radius 3 is 2.70 bits per heavy atom. The first-order valence-electron chi connectivity index (χ1n) is 9.24. The third kappa shape index (κ3) is 3.60. The van der Waals surface area contributed by atoms with Gasteiger partial charge >= 0.3 is 0 Å². The molecule has 0 spiro atoms. The maximum Gasteiger partial charge on any atom is 0.268 e. The Hall–Kier alpha value is -2.66. The Morgan fingerprint density at radius 1 is 1.19 bits per heavy atom. The zero-order valence-corrected chi connectivity index (χ0v) is 16.3. The van der Waals surface area contributed by atoms with E-state index in [2.05, 4.69) is 17.1 Å². The van der Waals surface area contributed by atoms with Crippen LogP contribution in [0.5, 0.6) is 5.75 Å². The summed E-state index contributed by atoms with van der Waals surface area (Å²) in [5.41, 5.74) is 4.00. The first kappa shape index (κ1) is 17.7. The SMILES string of the molecule is CCC1Oc2ccc(-c3csc(C)n3)cc2N(CCc2ccccc2)C1=O. The van der Waals surface area contributed by atoms with Crippen LogP contribution < -0.4 is 9.64 Å². The van der Waals surface area contributed by atoms with Crippen molar-refractivity contribution in [1.82, 2.24) is 4.98 Å². The highest BCUT2D eigenvalue weighted by Crippen LogP contribution is 2.38. The van der Waals surface area contributed by atoms with Gasteiger partial charge in [-0.25, -0.2) is 4.98 Å². The first-order valence-corrected chi connectivity index (χ1v) is 10.1. The Balaban J connectivity index is 1.68. The average molecular weight is 378 g/mol. The molecule has 1 aliphatic rings. The van der Waals surface area contributed by atoms with Crippen LogP contribution in [0.25, 0.3) is 11.3 Å². The number of thiazole rings is 1. The highest BCUT2D eigenvalue weighted by atomic mass is 32.1. The van der Waals surface area contributed by atoms with Gasteiger partial charge in [-0.3, -0.25) is 4.79 Å². The minimum Gasteiger partial charge on any atom is -0.478 e. The summed E-state index contributed by atoms with van der Waals surface area (Å²) in [6.45, 7) is 4.61. The maximum atomic E-state index is 13.0. The van der Waals surface area contributed by atoms with Crippen molar-refractivity contribution in [2.24, 2.45) is 0 Å². The molecule has 0 fully saturated rings. The summed E-state index contributed by atoms with van der Waals surface area (Å²) in [7, 11) is 0. The van der Waals surface area contributed by atoms with Crippen LogP contribution >= 0.6 is 11.3 Å². The summed E-state index contributed by atoms with van der Waals surface area (Å²) in [5.74, 6) is 0.803. The van der Waals surface area contributed by atoms with Crippen LogP contribution in [0.2, 0.25) is 0 Å². The molecule has 138 valence electrons. The number of rotatable bonds is 5. The number of hydrogen-bond acceptors (Lipinski definition) is 4. The predicted octanol–water partition coefficient (Wildman–Crippen LogP) is 4.87. The van der Waals surface area contributed by atoms with E-state index in [0.29, 0.717) is 13.0 Å². The Morgan fingerprint density at radius 2 is 2.00 bits per heavy atom. The van der Waals surface area contributed by atoms with Crippen molar-refractivity contribution in [3.8, 4) is 17.0 Å². The maximum absolute atomic E-state index is 13.0. The van der Waals surface area contributed by atoms with Crippen molar-refractivity contribution < 1.29 is 9.53 Å². The van der Waals surface area contributed by atoms with E-state index in [-0.39, 0.29) is 5.91 Å². The Bertz CT molecular complexity index is 952. The van der Waals surface area contributed by atoms with E-state index in [1.54, 1.807) is 11.3 Å². The van der Waals surface area contributed by atoms with E-state index in [0.717, 1.165) is 34.1 Å². The van der Waals surface area contributed by atoms with Gasteiger partial charge in [0.1, 0.15) is 5.75 Å². The second-order valence-corrected chi connectivity index (χ2v) is 7.74. The molecule has 3 aromatic rings. The van der Waals surface area contributed by atoms with Gasteiger partial charge in [-0.1, -0.05) is 37.3 Å². The van der Waals surface area contributed by atoms with Gasteiger partial charge in [0, 0.05) is 17.5 Å². The largest absolute Gasteiger partial charge is 0.478 e. The Kier molecular flexibility index (Phi) is 4.94. The lowest BCUT2D eigenvalue weighted by molar-refractivity contribution is -0.126. The van der Waals surface area contributed by atoms with Gasteiger partial charge in [-0.05, 0) is 43.5 Å². The number of aromatic nitrogens is 1. The third-order valence-corrected chi connectivity index (χ3v) is 5.59. The number of fused-ring (bicyclic) bond motifs is 1. The first-order chi connectivity index (χ1) is 13.2. The van der Waals surface area contributed by atoms with Crippen molar-refractivity contribution in [2.45, 2.75) is 32.8 Å². The minimum atomic E-state index is -0.416. The van der Waals surface area contributed by atoms with E-state index in [1.807, 2.05) is 60.5 Å². The molecule has 1 atom stereocenters. The smallest absolute Gasteiger partial charge is 0.268 e. The van der Waals surface area contributed by atoms with Crippen molar-refractivity contribution in [3.63, 3.8) is 0 Å². The van der Waals surface area contributed by atoms with Gasteiger partial charge in [0.25, 0.3) is 5.91 Å². The van der Waals surface area contributed by atoms with Crippen molar-refractivity contribution >= 4 is 22.9 Å². The quantitative estimate of drug-likeness (QED) is 0.636. The molecule has 1 amide bonds. The molecule has 2 heterocycles. The van der Waals surface area contributed by atoms with Crippen molar-refractivity contribution in [1.29, 1.82) is 0 Å². The molecule has 1 unspecified atom stereocenters. The van der Waals surface area contributed by atoms with Crippen LogP contribution in [-0.2, 0) is 11.2 Å². The molecule has 4 nitrogen and oxygen atoms in total. The van der Waals surface area contributed by atoms with Gasteiger partial charge in [-0.2, -0.15) is 0 Å². The fourth-order valence-corrected chi connectivity index (χ4v) is 3.98. The molecule has 0 radical (unpaired) electrons. The molecule has 5 heteroatoms. The summed E-state index contributed by atoms with van der Waals surface area (Å²) in [6.07, 6.45) is 1.05. The van der Waals surface area contributed by atoms with E-state index >= 15 is 0 Å². The normalized spacial score (nSPS) is 16.1. The van der Waals surface area contributed by atoms with E-state index in [4.69, 9.17) is 4.74 Å². The lowest BCUT2D eigenvalue weighted by atomic mass is 10.1. The fourth-order valence-electron chi connectivity index (χ4n) is 3.35. The molecular formula is C22H22N2O2S. The molecule has 0 N–H and O–H groups in total. The van der Waals surface area contributed by atoms with Gasteiger partial charge in [-0.15, -0.1) is 11.3 Å². The zero-order valence-electron chi connectivity index (χ0n) is 15.5. The third-order valence-electron chi connectivity index (χ3n) is 4.81. The molecule has 4 rings (SSSR count). The number of carbonyl (C=O) groups excluding carboxylic acids is 1. The lowest BCUT2D eigenvalue weighted by Gasteiger charge is -2.34. The topological polar surface area (TPSA) is 42.4 Å². The molecule has 27 heavy (non-hydrogen) atoms. The number of carbonyl (C=O) groups is 1. The second kappa shape index (κ2) is 7.53. The number of anilines is 1. The van der Waals surface area contributed by atoms with Crippen LogP contribution in [-0.4, -0.2) is 23.5 Å². The van der Waals surface area contributed by atoms with Crippen molar-refractivity contribution in [2.75, 3.05) is 11.4 Å². The van der Waals surface area contributed by atoms with Gasteiger partial charge in [0.15, 0.2) is 6.10 Å². The van der Waals surface area contributed by atoms with Crippen LogP contribution in [0.4, 0.5) is 5.69 Å². The number of benzene rings is 2. The van der Waals surface area contributed by atoms with Crippen LogP contribution in [0.15, 0.2) is 53.9 Å². The van der Waals surface area contributed by atoms with E-state index in [1.165, 1.54) is 5.56 Å². The molecule has 2 aromatic carbocycles. The number of hydrogen-bond donors (Lipinski definition) is 0. The fraction of sp³-hybridized carbons (Fsp3) is 0.273. The van der Waals surface area contributed by atoms with Gasteiger partial charge in [0.2, 0.25) is 0 Å². The highest BCUT2D eigenvalue weighted by Gasteiger charge is 2.33. The zero-order chi connectivity index (χ0) is 18.8. The summed E-state index contributed by atoms with van der Waals surface area (Å²) < 4.78 is 5.96.